The van der Waals surface area contributed by atoms with Gasteiger partial charge in [0.15, 0.2) is 0 Å². The molecule has 0 spiro atoms. The number of hydrogen-bond acceptors (Lipinski definition) is 2. The summed E-state index contributed by atoms with van der Waals surface area (Å²) in [7, 11) is 0. The maximum Gasteiger partial charge on any atom is 0 e. The van der Waals surface area contributed by atoms with E-state index in [1.165, 1.54) is 39.0 Å². The Morgan fingerprint density at radius 2 is 0.778 bits per heavy atom. The molecule has 0 aromatic heterocycles. The van der Waals surface area contributed by atoms with Crippen molar-refractivity contribution < 1.29 is 0 Å². The highest BCUT2D eigenvalue weighted by atomic mass is 14.9. The van der Waals surface area contributed by atoms with E-state index in [1.807, 2.05) is 0 Å². The molecule has 9 heavy (non-hydrogen) atoms. The summed E-state index contributed by atoms with van der Waals surface area (Å²) in [6, 6.07) is 0. The third-order valence-electron chi connectivity index (χ3n) is 1.41. The molecule has 2 fully saturated rings. The molecule has 0 aromatic carbocycles. The fourth-order valence-corrected chi connectivity index (χ4v) is 0.354. The summed E-state index contributed by atoms with van der Waals surface area (Å²) in [5, 5.41) is 6.22. The van der Waals surface area contributed by atoms with Crippen molar-refractivity contribution in [3.05, 3.63) is 0 Å². The lowest BCUT2D eigenvalue weighted by molar-refractivity contribution is 0.527. The third kappa shape index (κ3) is 4.49. The minimum atomic E-state index is 0. The molecule has 0 unspecified atom stereocenters. The van der Waals surface area contributed by atoms with E-state index >= 15 is 0 Å². The molecule has 2 nitrogen and oxygen atoms in total. The second-order valence-corrected chi connectivity index (χ2v) is 2.21. The van der Waals surface area contributed by atoms with Gasteiger partial charge in [0.2, 0.25) is 0 Å². The largest absolute Gasteiger partial charge is 0.317 e. The van der Waals surface area contributed by atoms with Crippen LogP contribution in [0.2, 0.25) is 0 Å². The van der Waals surface area contributed by atoms with E-state index in [-0.39, 0.29) is 8.41 Å². The van der Waals surface area contributed by atoms with Crippen molar-refractivity contribution in [2.75, 3.05) is 26.2 Å². The van der Waals surface area contributed by atoms with Gasteiger partial charge in [-0.05, 0) is 39.0 Å². The Morgan fingerprint density at radius 3 is 0.778 bits per heavy atom. The van der Waals surface area contributed by atoms with Crippen molar-refractivity contribution in [1.82, 2.24) is 10.6 Å². The van der Waals surface area contributed by atoms with E-state index in [0.29, 0.717) is 0 Å². The molecular formula is C6H14BN2. The van der Waals surface area contributed by atoms with Gasteiger partial charge in [0.05, 0.1) is 0 Å². The minimum Gasteiger partial charge on any atom is -0.317 e. The first-order chi connectivity index (χ1) is 4.00. The smallest absolute Gasteiger partial charge is 0 e. The van der Waals surface area contributed by atoms with Crippen LogP contribution in [0, 0.1) is 0 Å². The van der Waals surface area contributed by atoms with Gasteiger partial charge in [-0.2, -0.15) is 0 Å². The van der Waals surface area contributed by atoms with Crippen LogP contribution < -0.4 is 10.6 Å². The Labute approximate surface area is 59.0 Å². The zero-order valence-corrected chi connectivity index (χ0v) is 5.82. The highest BCUT2D eigenvalue weighted by molar-refractivity contribution is 5.75. The Morgan fingerprint density at radius 1 is 0.667 bits per heavy atom. The standard InChI is InChI=1S/2C3H7N.B/c2*1-2-4-3-1;/h2*4H,1-3H2;. The minimum absolute atomic E-state index is 0. The van der Waals surface area contributed by atoms with Gasteiger partial charge in [0.25, 0.3) is 0 Å². The van der Waals surface area contributed by atoms with Crippen LogP contribution in [0.1, 0.15) is 12.8 Å². The van der Waals surface area contributed by atoms with Crippen LogP contribution in [0.4, 0.5) is 0 Å². The van der Waals surface area contributed by atoms with Gasteiger partial charge in [-0.15, -0.1) is 0 Å². The highest BCUT2D eigenvalue weighted by Gasteiger charge is 1.92. The third-order valence-corrected chi connectivity index (χ3v) is 1.41. The summed E-state index contributed by atoms with van der Waals surface area (Å²) < 4.78 is 0. The Balaban J connectivity index is 0.000000128. The van der Waals surface area contributed by atoms with Gasteiger partial charge in [0.1, 0.15) is 0 Å². The van der Waals surface area contributed by atoms with Crippen LogP contribution in [0.15, 0.2) is 0 Å². The van der Waals surface area contributed by atoms with Crippen molar-refractivity contribution in [1.29, 1.82) is 0 Å². The average Bonchev–Trinajstić information content (AvgIpc) is 1.12. The first-order valence-electron chi connectivity index (χ1n) is 3.41. The molecule has 2 rings (SSSR count). The molecule has 0 amide bonds. The molecule has 0 atom stereocenters. The number of nitrogens with one attached hydrogen (secondary N) is 2. The molecule has 2 saturated heterocycles. The Bertz CT molecular complexity index is 35.0. The summed E-state index contributed by atoms with van der Waals surface area (Å²) in [6.45, 7) is 5.00. The van der Waals surface area contributed by atoms with Gasteiger partial charge < -0.3 is 10.6 Å². The summed E-state index contributed by atoms with van der Waals surface area (Å²) in [6.07, 6.45) is 2.78. The molecular weight excluding hydrogens is 111 g/mol. The Hall–Kier alpha value is -0.0151. The Kier molecular flexibility index (Phi) is 6.10. The lowest BCUT2D eigenvalue weighted by Crippen LogP contribution is -2.29. The number of rotatable bonds is 0. The molecule has 51 valence electrons. The highest BCUT2D eigenvalue weighted by Crippen LogP contribution is 1.81. The monoisotopic (exact) mass is 125 g/mol. The zero-order valence-electron chi connectivity index (χ0n) is 5.82. The van der Waals surface area contributed by atoms with E-state index in [9.17, 15) is 0 Å². The van der Waals surface area contributed by atoms with Crippen LogP contribution in [0.3, 0.4) is 0 Å². The second-order valence-electron chi connectivity index (χ2n) is 2.21. The van der Waals surface area contributed by atoms with Crippen molar-refractivity contribution in [3.8, 4) is 0 Å². The predicted molar refractivity (Wildman–Crippen MR) is 40.7 cm³/mol. The molecule has 3 radical (unpaired) electrons. The average molecular weight is 125 g/mol. The van der Waals surface area contributed by atoms with E-state index in [0.717, 1.165) is 0 Å². The molecule has 0 bridgehead atoms. The van der Waals surface area contributed by atoms with E-state index in [1.54, 1.807) is 0 Å². The zero-order chi connectivity index (χ0) is 5.66. The molecule has 0 aliphatic carbocycles. The fourth-order valence-electron chi connectivity index (χ4n) is 0.354. The number of hydrogen-bond donors (Lipinski definition) is 2. The molecule has 2 N–H and O–H groups in total. The lowest BCUT2D eigenvalue weighted by Gasteiger charge is -2.09. The molecule has 3 heteroatoms. The fraction of sp³-hybridized carbons (Fsp3) is 1.00. The van der Waals surface area contributed by atoms with Crippen molar-refractivity contribution >= 4 is 8.41 Å². The van der Waals surface area contributed by atoms with Crippen LogP contribution in [-0.2, 0) is 0 Å². The van der Waals surface area contributed by atoms with Crippen LogP contribution >= 0.6 is 0 Å². The quantitative estimate of drug-likeness (QED) is 0.429. The van der Waals surface area contributed by atoms with Crippen molar-refractivity contribution in [2.45, 2.75) is 12.8 Å². The van der Waals surface area contributed by atoms with Crippen LogP contribution in [0.25, 0.3) is 0 Å². The SMILES string of the molecule is C1CNC1.C1CNC1.[B]. The van der Waals surface area contributed by atoms with Gasteiger partial charge in [0, 0.05) is 8.41 Å². The summed E-state index contributed by atoms with van der Waals surface area (Å²) in [5.74, 6) is 0. The topological polar surface area (TPSA) is 24.1 Å². The van der Waals surface area contributed by atoms with Crippen molar-refractivity contribution in [2.24, 2.45) is 0 Å². The van der Waals surface area contributed by atoms with Gasteiger partial charge >= 0.3 is 0 Å². The van der Waals surface area contributed by atoms with Gasteiger partial charge in [-0.25, -0.2) is 0 Å². The second kappa shape index (κ2) is 6.11. The maximum atomic E-state index is 3.11. The maximum absolute atomic E-state index is 3.11. The summed E-state index contributed by atoms with van der Waals surface area (Å²) in [4.78, 5) is 0. The normalized spacial score (nSPS) is 21.3. The van der Waals surface area contributed by atoms with E-state index in [2.05, 4.69) is 10.6 Å². The van der Waals surface area contributed by atoms with E-state index < -0.39 is 0 Å². The molecule has 2 heterocycles. The van der Waals surface area contributed by atoms with Gasteiger partial charge in [-0.1, -0.05) is 0 Å². The lowest BCUT2D eigenvalue weighted by atomic mass is 10.3. The van der Waals surface area contributed by atoms with Crippen molar-refractivity contribution in [3.63, 3.8) is 0 Å². The molecule has 2 aliphatic heterocycles. The van der Waals surface area contributed by atoms with Crippen LogP contribution in [0.5, 0.6) is 0 Å². The molecule has 0 saturated carbocycles. The first-order valence-corrected chi connectivity index (χ1v) is 3.41. The molecule has 2 aliphatic rings. The molecule has 0 aromatic rings. The predicted octanol–water partition coefficient (Wildman–Crippen LogP) is -0.421. The van der Waals surface area contributed by atoms with E-state index in [4.69, 9.17) is 0 Å². The summed E-state index contributed by atoms with van der Waals surface area (Å²) in [5.41, 5.74) is 0. The summed E-state index contributed by atoms with van der Waals surface area (Å²) >= 11 is 0. The van der Waals surface area contributed by atoms with Gasteiger partial charge in [-0.3, -0.25) is 0 Å². The first kappa shape index (κ1) is 8.98. The van der Waals surface area contributed by atoms with Crippen LogP contribution in [-0.4, -0.2) is 34.6 Å².